The molecule has 0 aliphatic carbocycles. The van der Waals surface area contributed by atoms with Crippen LogP contribution in [0.3, 0.4) is 0 Å². The highest BCUT2D eigenvalue weighted by atomic mass is 19.1. The van der Waals surface area contributed by atoms with Crippen LogP contribution in [-0.2, 0) is 17.6 Å². The first-order chi connectivity index (χ1) is 19.4. The number of terminal acetylenes is 1. The van der Waals surface area contributed by atoms with Crippen LogP contribution in [0.5, 0.6) is 11.8 Å². The van der Waals surface area contributed by atoms with Gasteiger partial charge in [0.1, 0.15) is 17.4 Å². The van der Waals surface area contributed by atoms with E-state index in [0.29, 0.717) is 60.6 Å². The van der Waals surface area contributed by atoms with Crippen LogP contribution in [0.2, 0.25) is 0 Å². The van der Waals surface area contributed by atoms with Gasteiger partial charge in [0.2, 0.25) is 11.9 Å². The maximum absolute atomic E-state index is 14.5. The number of anilines is 1. The second-order valence-corrected chi connectivity index (χ2v) is 11.1. The molecular formula is C30H33FN6O3. The van der Waals surface area contributed by atoms with Crippen molar-refractivity contribution in [2.75, 3.05) is 37.7 Å². The van der Waals surface area contributed by atoms with E-state index < -0.39 is 5.82 Å². The van der Waals surface area contributed by atoms with Gasteiger partial charge in [-0.1, -0.05) is 12.0 Å². The number of aromatic hydroxyl groups is 1. The number of halogens is 1. The number of piperazine rings is 1. The molecule has 40 heavy (non-hydrogen) atoms. The fraction of sp³-hybridized carbons (Fsp3) is 0.467. The summed E-state index contributed by atoms with van der Waals surface area (Å²) in [6, 6.07) is 7.24. The Morgan fingerprint density at radius 1 is 1.15 bits per heavy atom. The molecule has 3 aliphatic heterocycles. The van der Waals surface area contributed by atoms with Crippen molar-refractivity contribution in [3.05, 3.63) is 47.0 Å². The Morgan fingerprint density at radius 3 is 2.67 bits per heavy atom. The molecule has 0 unspecified atom stereocenters. The Morgan fingerprint density at radius 2 is 1.95 bits per heavy atom. The van der Waals surface area contributed by atoms with E-state index in [1.54, 1.807) is 25.1 Å². The zero-order chi connectivity index (χ0) is 27.8. The number of nitrogens with one attached hydrogen (secondary N) is 1. The summed E-state index contributed by atoms with van der Waals surface area (Å²) in [5, 5.41) is 15.3. The quantitative estimate of drug-likeness (QED) is 0.438. The standard InChI is InChI=1S/C30H33FN6O3/c1-3-25-26(31)8-4-20-12-24(39)13-21(28(20)25)5-9-27-33-29(37-15-22-6-7-23(16-37)32-22)35-30(34-27)40-17-19-10-11-36(14-19)18(2)38/h1,4,8,12-13,19,22-23,32,39H,5-7,9-11,14-17H2,2H3/t19-,22-,23+/m1/s1. The highest BCUT2D eigenvalue weighted by molar-refractivity contribution is 5.92. The molecule has 2 N–H and O–H groups in total. The molecule has 10 heteroatoms. The number of hydrogen-bond acceptors (Lipinski definition) is 8. The normalized spacial score (nSPS) is 22.1. The Bertz CT molecular complexity index is 1480. The first-order valence-electron chi connectivity index (χ1n) is 13.9. The summed E-state index contributed by atoms with van der Waals surface area (Å²) in [5.74, 6) is 3.53. The third kappa shape index (κ3) is 5.39. The van der Waals surface area contributed by atoms with Crippen molar-refractivity contribution in [2.45, 2.75) is 51.1 Å². The van der Waals surface area contributed by atoms with Crippen LogP contribution >= 0.6 is 0 Å². The summed E-state index contributed by atoms with van der Waals surface area (Å²) >= 11 is 0. The molecule has 3 fully saturated rings. The molecule has 9 nitrogen and oxygen atoms in total. The number of nitrogens with zero attached hydrogens (tertiary/aromatic N) is 5. The number of phenols is 1. The molecule has 1 aromatic heterocycles. The lowest BCUT2D eigenvalue weighted by molar-refractivity contribution is -0.127. The molecule has 3 aromatic rings. The van der Waals surface area contributed by atoms with Gasteiger partial charge in [0, 0.05) is 62.9 Å². The van der Waals surface area contributed by atoms with Crippen LogP contribution in [0.1, 0.15) is 43.1 Å². The number of amides is 1. The number of ether oxygens (including phenoxy) is 1. The number of benzene rings is 2. The Hall–Kier alpha value is -3.97. The van der Waals surface area contributed by atoms with Crippen molar-refractivity contribution in [1.29, 1.82) is 0 Å². The monoisotopic (exact) mass is 544 g/mol. The molecule has 2 bridgehead atoms. The fourth-order valence-corrected chi connectivity index (χ4v) is 6.21. The fourth-order valence-electron chi connectivity index (χ4n) is 6.21. The van der Waals surface area contributed by atoms with Gasteiger partial charge in [-0.3, -0.25) is 4.79 Å². The van der Waals surface area contributed by atoms with Gasteiger partial charge in [-0.15, -0.1) is 6.42 Å². The maximum Gasteiger partial charge on any atom is 0.321 e. The first-order valence-corrected chi connectivity index (χ1v) is 13.9. The largest absolute Gasteiger partial charge is 0.508 e. The van der Waals surface area contributed by atoms with Gasteiger partial charge < -0.3 is 25.0 Å². The highest BCUT2D eigenvalue weighted by Gasteiger charge is 2.34. The predicted octanol–water partition coefficient (Wildman–Crippen LogP) is 2.82. The van der Waals surface area contributed by atoms with E-state index in [2.05, 4.69) is 26.1 Å². The van der Waals surface area contributed by atoms with Crippen molar-refractivity contribution in [3.63, 3.8) is 0 Å². The Kier molecular flexibility index (Phi) is 7.15. The molecule has 2 aromatic carbocycles. The second-order valence-electron chi connectivity index (χ2n) is 11.1. The molecule has 0 radical (unpaired) electrons. The number of carbonyl (C=O) groups excluding carboxylic acids is 1. The summed E-state index contributed by atoms with van der Waals surface area (Å²) in [5.41, 5.74) is 0.905. The van der Waals surface area contributed by atoms with Crippen molar-refractivity contribution < 1.29 is 19.0 Å². The molecule has 4 heterocycles. The number of carbonyl (C=O) groups is 1. The summed E-state index contributed by atoms with van der Waals surface area (Å²) < 4.78 is 20.6. The van der Waals surface area contributed by atoms with Gasteiger partial charge in [-0.25, -0.2) is 4.39 Å². The van der Waals surface area contributed by atoms with Gasteiger partial charge >= 0.3 is 6.01 Å². The number of likely N-dealkylation sites (tertiary alicyclic amines) is 1. The van der Waals surface area contributed by atoms with Gasteiger partial charge in [0.05, 0.1) is 12.2 Å². The van der Waals surface area contributed by atoms with Crippen molar-refractivity contribution in [1.82, 2.24) is 25.2 Å². The van der Waals surface area contributed by atoms with E-state index in [1.165, 1.54) is 6.07 Å². The third-order valence-electron chi connectivity index (χ3n) is 8.22. The van der Waals surface area contributed by atoms with Crippen LogP contribution in [-0.4, -0.2) is 75.7 Å². The van der Waals surface area contributed by atoms with Crippen molar-refractivity contribution in [3.8, 4) is 24.1 Å². The highest BCUT2D eigenvalue weighted by Crippen LogP contribution is 2.30. The predicted molar refractivity (Wildman–Crippen MR) is 149 cm³/mol. The molecular weight excluding hydrogens is 511 g/mol. The average molecular weight is 545 g/mol. The number of aromatic nitrogens is 3. The summed E-state index contributed by atoms with van der Waals surface area (Å²) in [4.78, 5) is 29.9. The van der Waals surface area contributed by atoms with Gasteiger partial charge in [0.15, 0.2) is 0 Å². The van der Waals surface area contributed by atoms with E-state index in [1.807, 2.05) is 4.90 Å². The smallest absolute Gasteiger partial charge is 0.321 e. The summed E-state index contributed by atoms with van der Waals surface area (Å²) in [6.45, 7) is 5.04. The van der Waals surface area contributed by atoms with Gasteiger partial charge in [-0.2, -0.15) is 15.0 Å². The van der Waals surface area contributed by atoms with Crippen LogP contribution < -0.4 is 15.0 Å². The van der Waals surface area contributed by atoms with Gasteiger partial charge in [0.25, 0.3) is 0 Å². The minimum absolute atomic E-state index is 0.0768. The summed E-state index contributed by atoms with van der Waals surface area (Å²) in [7, 11) is 0. The number of hydrogen-bond donors (Lipinski definition) is 2. The zero-order valence-electron chi connectivity index (χ0n) is 22.6. The molecule has 0 saturated carbocycles. The van der Waals surface area contributed by atoms with E-state index in [9.17, 15) is 14.3 Å². The van der Waals surface area contributed by atoms with Crippen LogP contribution in [0.4, 0.5) is 10.3 Å². The average Bonchev–Trinajstić information content (AvgIpc) is 3.56. The first kappa shape index (κ1) is 26.3. The van der Waals surface area contributed by atoms with E-state index in [-0.39, 0.29) is 29.1 Å². The third-order valence-corrected chi connectivity index (χ3v) is 8.22. The van der Waals surface area contributed by atoms with Crippen LogP contribution in [0.15, 0.2) is 24.3 Å². The molecule has 3 saturated heterocycles. The minimum atomic E-state index is -0.469. The number of fused-ring (bicyclic) bond motifs is 3. The lowest BCUT2D eigenvalue weighted by Gasteiger charge is -2.33. The maximum atomic E-state index is 14.5. The number of aryl methyl sites for hydroxylation is 2. The molecule has 208 valence electrons. The SMILES string of the molecule is C#Cc1c(F)ccc2cc(O)cc(CCc3nc(OC[C@@H]4CCN(C(C)=O)C4)nc(N4C[C@H]5CC[C@@H](C4)N5)n3)c12. The Balaban J connectivity index is 1.26. The molecule has 0 spiro atoms. The minimum Gasteiger partial charge on any atom is -0.508 e. The van der Waals surface area contributed by atoms with E-state index in [0.717, 1.165) is 44.5 Å². The molecule has 3 aliphatic rings. The summed E-state index contributed by atoms with van der Waals surface area (Å²) in [6.07, 6.45) is 9.67. The Labute approximate surface area is 232 Å². The topological polar surface area (TPSA) is 104 Å². The zero-order valence-corrected chi connectivity index (χ0v) is 22.6. The lowest BCUT2D eigenvalue weighted by Crippen LogP contribution is -2.51. The van der Waals surface area contributed by atoms with Crippen LogP contribution in [0, 0.1) is 24.1 Å². The van der Waals surface area contributed by atoms with Gasteiger partial charge in [-0.05, 0) is 54.8 Å². The molecule has 1 amide bonds. The van der Waals surface area contributed by atoms with Crippen molar-refractivity contribution in [2.24, 2.45) is 5.92 Å². The van der Waals surface area contributed by atoms with E-state index >= 15 is 0 Å². The molecule has 6 rings (SSSR count). The number of phenolic OH excluding ortho intramolecular Hbond substituents is 1. The second kappa shape index (κ2) is 10.9. The molecule has 3 atom stereocenters. The van der Waals surface area contributed by atoms with E-state index in [4.69, 9.17) is 16.1 Å². The number of rotatable bonds is 7. The van der Waals surface area contributed by atoms with Crippen molar-refractivity contribution >= 4 is 22.6 Å². The lowest BCUT2D eigenvalue weighted by atomic mass is 9.95. The van der Waals surface area contributed by atoms with Crippen LogP contribution in [0.25, 0.3) is 10.8 Å².